The number of nitrogens with one attached hydrogen (secondary N) is 1. The van der Waals surface area contributed by atoms with Crippen LogP contribution < -0.4 is 5.32 Å². The van der Waals surface area contributed by atoms with Crippen LogP contribution in [0.4, 0.5) is 0 Å². The maximum Gasteiger partial charge on any atom is 0.182 e. The SMILES string of the molecule is CC1C(=O)C2=C(C=CCCN2)C1C. The van der Waals surface area contributed by atoms with Crippen LogP contribution >= 0.6 is 0 Å². The van der Waals surface area contributed by atoms with Gasteiger partial charge in [0.1, 0.15) is 0 Å². The highest BCUT2D eigenvalue weighted by atomic mass is 16.1. The minimum Gasteiger partial charge on any atom is -0.382 e. The van der Waals surface area contributed by atoms with Gasteiger partial charge in [0.2, 0.25) is 0 Å². The molecule has 1 aliphatic heterocycles. The molecule has 1 heterocycles. The number of hydrogen-bond donors (Lipinski definition) is 1. The van der Waals surface area contributed by atoms with E-state index in [4.69, 9.17) is 0 Å². The molecule has 2 nitrogen and oxygen atoms in total. The summed E-state index contributed by atoms with van der Waals surface area (Å²) in [4.78, 5) is 11.7. The monoisotopic (exact) mass is 177 g/mol. The molecule has 2 unspecified atom stereocenters. The Morgan fingerprint density at radius 3 is 2.92 bits per heavy atom. The van der Waals surface area contributed by atoms with E-state index in [9.17, 15) is 4.79 Å². The second kappa shape index (κ2) is 3.02. The van der Waals surface area contributed by atoms with E-state index in [1.165, 1.54) is 5.57 Å². The van der Waals surface area contributed by atoms with Crippen molar-refractivity contribution >= 4 is 5.78 Å². The molecule has 0 amide bonds. The van der Waals surface area contributed by atoms with E-state index < -0.39 is 0 Å². The lowest BCUT2D eigenvalue weighted by Gasteiger charge is -2.08. The molecule has 2 rings (SSSR count). The van der Waals surface area contributed by atoms with E-state index in [-0.39, 0.29) is 11.7 Å². The topological polar surface area (TPSA) is 29.1 Å². The first-order chi connectivity index (χ1) is 6.22. The Morgan fingerprint density at radius 1 is 1.38 bits per heavy atom. The summed E-state index contributed by atoms with van der Waals surface area (Å²) < 4.78 is 0. The van der Waals surface area contributed by atoms with Gasteiger partial charge in [0.15, 0.2) is 5.78 Å². The zero-order chi connectivity index (χ0) is 9.42. The summed E-state index contributed by atoms with van der Waals surface area (Å²) >= 11 is 0. The second-order valence-corrected chi connectivity index (χ2v) is 3.89. The van der Waals surface area contributed by atoms with Gasteiger partial charge >= 0.3 is 0 Å². The molecule has 0 radical (unpaired) electrons. The summed E-state index contributed by atoms with van der Waals surface area (Å²) in [5.41, 5.74) is 2.07. The van der Waals surface area contributed by atoms with Crippen LogP contribution in [-0.2, 0) is 4.79 Å². The predicted octanol–water partition coefficient (Wildman–Crippen LogP) is 1.64. The fourth-order valence-electron chi connectivity index (χ4n) is 2.01. The van der Waals surface area contributed by atoms with E-state index >= 15 is 0 Å². The minimum absolute atomic E-state index is 0.153. The van der Waals surface area contributed by atoms with Gasteiger partial charge in [-0.25, -0.2) is 0 Å². The Labute approximate surface area is 78.7 Å². The standard InChI is InChI=1S/C11H15NO/c1-7-8(2)11(13)10-9(7)5-3-4-6-12-10/h3,5,7-8,12H,4,6H2,1-2H3. The molecule has 0 aromatic rings. The highest BCUT2D eigenvalue weighted by Crippen LogP contribution is 2.34. The number of carbonyl (C=O) groups excluding carboxylic acids is 1. The van der Waals surface area contributed by atoms with Crippen molar-refractivity contribution in [3.05, 3.63) is 23.4 Å². The van der Waals surface area contributed by atoms with Gasteiger partial charge in [0.05, 0.1) is 5.70 Å². The van der Waals surface area contributed by atoms with Crippen molar-refractivity contribution in [3.63, 3.8) is 0 Å². The molecular weight excluding hydrogens is 162 g/mol. The van der Waals surface area contributed by atoms with Crippen molar-refractivity contribution in [3.8, 4) is 0 Å². The van der Waals surface area contributed by atoms with Gasteiger partial charge in [0.25, 0.3) is 0 Å². The lowest BCUT2D eigenvalue weighted by atomic mass is 9.94. The molecule has 1 aliphatic carbocycles. The first-order valence-corrected chi connectivity index (χ1v) is 4.90. The van der Waals surface area contributed by atoms with Crippen LogP contribution in [0.2, 0.25) is 0 Å². The Hall–Kier alpha value is -1.05. The third-order valence-corrected chi connectivity index (χ3v) is 3.10. The molecule has 1 N–H and O–H groups in total. The molecule has 0 fully saturated rings. The van der Waals surface area contributed by atoms with Crippen molar-refractivity contribution in [2.24, 2.45) is 11.8 Å². The lowest BCUT2D eigenvalue weighted by molar-refractivity contribution is -0.118. The van der Waals surface area contributed by atoms with Gasteiger partial charge in [-0.15, -0.1) is 0 Å². The zero-order valence-corrected chi connectivity index (χ0v) is 8.13. The Morgan fingerprint density at radius 2 is 2.15 bits per heavy atom. The molecule has 2 heteroatoms. The zero-order valence-electron chi connectivity index (χ0n) is 8.13. The molecular formula is C11H15NO. The predicted molar refractivity (Wildman–Crippen MR) is 52.1 cm³/mol. The molecule has 2 aliphatic rings. The third-order valence-electron chi connectivity index (χ3n) is 3.10. The lowest BCUT2D eigenvalue weighted by Crippen LogP contribution is -2.21. The molecule has 0 saturated heterocycles. The number of ketones is 1. The third kappa shape index (κ3) is 1.21. The number of rotatable bonds is 0. The van der Waals surface area contributed by atoms with E-state index in [1.807, 2.05) is 6.92 Å². The number of hydrogen-bond acceptors (Lipinski definition) is 2. The van der Waals surface area contributed by atoms with Gasteiger partial charge < -0.3 is 5.32 Å². The van der Waals surface area contributed by atoms with Crippen LogP contribution in [0.1, 0.15) is 20.3 Å². The molecule has 0 saturated carbocycles. The quantitative estimate of drug-likeness (QED) is 0.609. The largest absolute Gasteiger partial charge is 0.382 e. The highest BCUT2D eigenvalue weighted by Gasteiger charge is 2.35. The number of Topliss-reactive ketones (excluding diaryl/α,β-unsaturated/α-hetero) is 1. The summed E-state index contributed by atoms with van der Waals surface area (Å²) in [6.45, 7) is 5.03. The van der Waals surface area contributed by atoms with Crippen molar-refractivity contribution in [2.75, 3.05) is 6.54 Å². The van der Waals surface area contributed by atoms with Crippen LogP contribution in [0.15, 0.2) is 23.4 Å². The van der Waals surface area contributed by atoms with Gasteiger partial charge in [-0.3, -0.25) is 4.79 Å². The van der Waals surface area contributed by atoms with Crippen LogP contribution in [0, 0.1) is 11.8 Å². The van der Waals surface area contributed by atoms with Crippen molar-refractivity contribution in [1.29, 1.82) is 0 Å². The van der Waals surface area contributed by atoms with Crippen molar-refractivity contribution in [2.45, 2.75) is 20.3 Å². The van der Waals surface area contributed by atoms with Crippen molar-refractivity contribution in [1.82, 2.24) is 5.32 Å². The normalized spacial score (nSPS) is 32.9. The Bertz CT molecular complexity index is 301. The van der Waals surface area contributed by atoms with E-state index in [1.54, 1.807) is 0 Å². The minimum atomic E-state index is 0.153. The van der Waals surface area contributed by atoms with E-state index in [0.717, 1.165) is 18.7 Å². The van der Waals surface area contributed by atoms with Crippen LogP contribution in [-0.4, -0.2) is 12.3 Å². The van der Waals surface area contributed by atoms with Crippen LogP contribution in [0.25, 0.3) is 0 Å². The molecule has 2 atom stereocenters. The average molecular weight is 177 g/mol. The smallest absolute Gasteiger partial charge is 0.182 e. The molecule has 0 bridgehead atoms. The summed E-state index contributed by atoms with van der Waals surface area (Å²) in [5, 5.41) is 3.22. The molecule has 70 valence electrons. The van der Waals surface area contributed by atoms with E-state index in [2.05, 4.69) is 24.4 Å². The van der Waals surface area contributed by atoms with Crippen LogP contribution in [0.5, 0.6) is 0 Å². The molecule has 0 aromatic heterocycles. The fourth-order valence-corrected chi connectivity index (χ4v) is 2.01. The maximum absolute atomic E-state index is 11.7. The summed E-state index contributed by atoms with van der Waals surface area (Å²) in [7, 11) is 0. The van der Waals surface area contributed by atoms with Crippen molar-refractivity contribution < 1.29 is 4.79 Å². The maximum atomic E-state index is 11.7. The summed E-state index contributed by atoms with van der Waals surface area (Å²) in [5.74, 6) is 0.818. The van der Waals surface area contributed by atoms with Crippen LogP contribution in [0.3, 0.4) is 0 Å². The van der Waals surface area contributed by atoms with Gasteiger partial charge in [-0.2, -0.15) is 0 Å². The van der Waals surface area contributed by atoms with E-state index in [0.29, 0.717) is 5.92 Å². The Balaban J connectivity index is 2.39. The number of carbonyl (C=O) groups is 1. The first-order valence-electron chi connectivity index (χ1n) is 4.90. The fraction of sp³-hybridized carbons (Fsp3) is 0.545. The number of allylic oxidation sites excluding steroid dienone is 3. The second-order valence-electron chi connectivity index (χ2n) is 3.89. The molecule has 0 spiro atoms. The van der Waals surface area contributed by atoms with Gasteiger partial charge in [-0.05, 0) is 17.9 Å². The summed E-state index contributed by atoms with van der Waals surface area (Å²) in [6.07, 6.45) is 5.28. The summed E-state index contributed by atoms with van der Waals surface area (Å²) in [6, 6.07) is 0. The average Bonchev–Trinajstić information content (AvgIpc) is 2.40. The Kier molecular flexibility index (Phi) is 1.98. The highest BCUT2D eigenvalue weighted by molar-refractivity contribution is 6.01. The van der Waals surface area contributed by atoms with Gasteiger partial charge in [-0.1, -0.05) is 26.0 Å². The van der Waals surface area contributed by atoms with Gasteiger partial charge in [0, 0.05) is 12.5 Å². The molecule has 0 aromatic carbocycles. The first kappa shape index (κ1) is 8.54. The molecule has 13 heavy (non-hydrogen) atoms.